The molecule has 8 nitrogen and oxygen atoms in total. The minimum atomic E-state index is -3.68. The maximum absolute atomic E-state index is 12.5. The highest BCUT2D eigenvalue weighted by Gasteiger charge is 2.26. The quantitative estimate of drug-likeness (QED) is 0.543. The first kappa shape index (κ1) is 21.9. The van der Waals surface area contributed by atoms with Crippen LogP contribution in [-0.4, -0.2) is 47.4 Å². The highest BCUT2D eigenvalue weighted by Crippen LogP contribution is 2.33. The molecule has 0 spiro atoms. The molecule has 1 unspecified atom stereocenters. The molecule has 1 atom stereocenters. The molecule has 0 saturated heterocycles. The topological polar surface area (TPSA) is 105 Å². The molecule has 0 bridgehead atoms. The van der Waals surface area contributed by atoms with Crippen LogP contribution in [0.4, 0.5) is 0 Å². The number of fused-ring (bicyclic) bond motifs is 1. The number of aryl methyl sites for hydroxylation is 1. The van der Waals surface area contributed by atoms with Crippen LogP contribution in [0.2, 0.25) is 0 Å². The normalized spacial score (nSPS) is 13.1. The smallest absolute Gasteiger partial charge is 0.305 e. The molecule has 1 aromatic carbocycles. The van der Waals surface area contributed by atoms with Crippen LogP contribution in [0.1, 0.15) is 36.2 Å². The number of benzene rings is 1. The molecular formula is C21H26N4O4S. The van der Waals surface area contributed by atoms with Gasteiger partial charge in [0.15, 0.2) is 0 Å². The van der Waals surface area contributed by atoms with Crippen molar-refractivity contribution in [2.24, 2.45) is 0 Å². The number of carbonyl (C=O) groups is 1. The maximum Gasteiger partial charge on any atom is 0.305 e. The lowest BCUT2D eigenvalue weighted by Crippen LogP contribution is -2.38. The van der Waals surface area contributed by atoms with E-state index in [1.807, 2.05) is 41.0 Å². The van der Waals surface area contributed by atoms with Crippen LogP contribution < -0.4 is 4.72 Å². The van der Waals surface area contributed by atoms with Crippen molar-refractivity contribution in [2.75, 3.05) is 14.1 Å². The number of aliphatic carboxylic acids is 1. The van der Waals surface area contributed by atoms with Gasteiger partial charge in [0.05, 0.1) is 12.5 Å². The van der Waals surface area contributed by atoms with E-state index in [1.54, 1.807) is 19.3 Å². The number of hydrogen-bond donors (Lipinski definition) is 2. The second kappa shape index (κ2) is 8.95. The van der Waals surface area contributed by atoms with Crippen molar-refractivity contribution < 1.29 is 18.3 Å². The summed E-state index contributed by atoms with van der Waals surface area (Å²) < 4.78 is 30.7. The van der Waals surface area contributed by atoms with Crippen molar-refractivity contribution in [2.45, 2.75) is 32.4 Å². The molecular weight excluding hydrogens is 404 g/mol. The fourth-order valence-corrected chi connectivity index (χ4v) is 4.38. The molecule has 0 aliphatic rings. The molecule has 3 rings (SSSR count). The zero-order valence-electron chi connectivity index (χ0n) is 17.2. The first-order chi connectivity index (χ1) is 14.2. The van der Waals surface area contributed by atoms with Gasteiger partial charge in [-0.2, -0.15) is 17.4 Å². The van der Waals surface area contributed by atoms with Crippen molar-refractivity contribution in [1.29, 1.82) is 0 Å². The standard InChI is InChI=1S/C21H26N4O4S/c1-15(23-30(28,29)24(2)3)21-18(13-16-7-6-11-22-14-16)17-8-4-5-9-19(17)25(21)12-10-20(26)27/h4-9,11,14-15,23H,10,12-13H2,1-3H3,(H,26,27). The van der Waals surface area contributed by atoms with Crippen molar-refractivity contribution in [3.8, 4) is 0 Å². The molecule has 2 aromatic heterocycles. The van der Waals surface area contributed by atoms with Gasteiger partial charge in [0.1, 0.15) is 0 Å². The summed E-state index contributed by atoms with van der Waals surface area (Å²) in [6.07, 6.45) is 3.97. The number of carboxylic acids is 1. The summed E-state index contributed by atoms with van der Waals surface area (Å²) in [5.41, 5.74) is 3.58. The molecule has 0 saturated carbocycles. The van der Waals surface area contributed by atoms with Gasteiger partial charge in [0.25, 0.3) is 10.2 Å². The van der Waals surface area contributed by atoms with Crippen LogP contribution in [-0.2, 0) is 28.0 Å². The second-order valence-corrected chi connectivity index (χ2v) is 9.26. The van der Waals surface area contributed by atoms with Crippen LogP contribution in [0.3, 0.4) is 0 Å². The van der Waals surface area contributed by atoms with Gasteiger partial charge in [-0.1, -0.05) is 24.3 Å². The molecule has 3 aromatic rings. The van der Waals surface area contributed by atoms with Crippen LogP contribution in [0.15, 0.2) is 48.8 Å². The molecule has 0 amide bonds. The average molecular weight is 431 g/mol. The summed E-state index contributed by atoms with van der Waals surface area (Å²) in [5, 5.41) is 10.2. The lowest BCUT2D eigenvalue weighted by molar-refractivity contribution is -0.137. The molecule has 30 heavy (non-hydrogen) atoms. The summed E-state index contributed by atoms with van der Waals surface area (Å²) in [6.45, 7) is 2.02. The van der Waals surface area contributed by atoms with Gasteiger partial charge < -0.3 is 9.67 Å². The Hall–Kier alpha value is -2.75. The Morgan fingerprint density at radius 3 is 2.60 bits per heavy atom. The summed E-state index contributed by atoms with van der Waals surface area (Å²) in [6, 6.07) is 11.0. The predicted octanol–water partition coefficient (Wildman–Crippen LogP) is 2.56. The molecule has 0 aliphatic heterocycles. The number of nitrogens with one attached hydrogen (secondary N) is 1. The van der Waals surface area contributed by atoms with Gasteiger partial charge in [0, 0.05) is 56.1 Å². The fraction of sp³-hybridized carbons (Fsp3) is 0.333. The Morgan fingerprint density at radius 1 is 1.23 bits per heavy atom. The van der Waals surface area contributed by atoms with Crippen molar-refractivity contribution in [3.63, 3.8) is 0 Å². The molecule has 0 fully saturated rings. The van der Waals surface area contributed by atoms with Gasteiger partial charge in [-0.3, -0.25) is 9.78 Å². The second-order valence-electron chi connectivity index (χ2n) is 7.34. The highest BCUT2D eigenvalue weighted by atomic mass is 32.2. The number of carboxylic acid groups (broad SMARTS) is 1. The zero-order valence-corrected chi connectivity index (χ0v) is 18.1. The molecule has 2 heterocycles. The van der Waals surface area contributed by atoms with E-state index in [0.717, 1.165) is 32.0 Å². The monoisotopic (exact) mass is 430 g/mol. The lowest BCUT2D eigenvalue weighted by Gasteiger charge is -2.21. The van der Waals surface area contributed by atoms with E-state index in [-0.39, 0.29) is 13.0 Å². The number of aromatic nitrogens is 2. The number of rotatable bonds is 9. The van der Waals surface area contributed by atoms with Crippen molar-refractivity contribution in [3.05, 3.63) is 65.6 Å². The Morgan fingerprint density at radius 2 is 1.97 bits per heavy atom. The van der Waals surface area contributed by atoms with Gasteiger partial charge in [0.2, 0.25) is 0 Å². The zero-order chi connectivity index (χ0) is 21.9. The van der Waals surface area contributed by atoms with E-state index >= 15 is 0 Å². The van der Waals surface area contributed by atoms with Gasteiger partial charge in [-0.25, -0.2) is 0 Å². The lowest BCUT2D eigenvalue weighted by atomic mass is 10.0. The Balaban J connectivity index is 2.18. The Labute approximate surface area is 176 Å². The van der Waals surface area contributed by atoms with E-state index in [1.165, 1.54) is 14.1 Å². The minimum absolute atomic E-state index is 0.0643. The third kappa shape index (κ3) is 4.69. The number of nitrogens with zero attached hydrogens (tertiary/aromatic N) is 3. The minimum Gasteiger partial charge on any atom is -0.481 e. The molecule has 2 N–H and O–H groups in total. The third-order valence-corrected chi connectivity index (χ3v) is 6.60. The van der Waals surface area contributed by atoms with E-state index in [4.69, 9.17) is 0 Å². The van der Waals surface area contributed by atoms with E-state index in [9.17, 15) is 18.3 Å². The van der Waals surface area contributed by atoms with Crippen LogP contribution in [0.5, 0.6) is 0 Å². The van der Waals surface area contributed by atoms with Crippen LogP contribution >= 0.6 is 0 Å². The third-order valence-electron chi connectivity index (χ3n) is 4.99. The SMILES string of the molecule is CC(NS(=O)(=O)N(C)C)c1c(Cc2cccnc2)c2ccccc2n1CCC(=O)O. The van der Waals surface area contributed by atoms with E-state index in [0.29, 0.717) is 6.42 Å². The number of hydrogen-bond acceptors (Lipinski definition) is 4. The predicted molar refractivity (Wildman–Crippen MR) is 115 cm³/mol. The summed E-state index contributed by atoms with van der Waals surface area (Å²) in [5.74, 6) is -0.908. The van der Waals surface area contributed by atoms with Gasteiger partial charge in [-0.05, 0) is 30.2 Å². The Bertz CT molecular complexity index is 1140. The molecule has 0 aliphatic carbocycles. The van der Waals surface area contributed by atoms with Crippen molar-refractivity contribution >= 4 is 27.1 Å². The summed E-state index contributed by atoms with van der Waals surface area (Å²) in [4.78, 5) is 15.4. The van der Waals surface area contributed by atoms with E-state index < -0.39 is 22.2 Å². The summed E-state index contributed by atoms with van der Waals surface area (Å²) >= 11 is 0. The Kier molecular flexibility index (Phi) is 6.55. The molecule has 160 valence electrons. The molecule has 0 radical (unpaired) electrons. The molecule has 9 heteroatoms. The maximum atomic E-state index is 12.5. The first-order valence-electron chi connectivity index (χ1n) is 9.61. The van der Waals surface area contributed by atoms with Gasteiger partial charge in [-0.15, -0.1) is 0 Å². The fourth-order valence-electron chi connectivity index (χ4n) is 3.62. The first-order valence-corrected chi connectivity index (χ1v) is 11.0. The van der Waals surface area contributed by atoms with Gasteiger partial charge >= 0.3 is 5.97 Å². The highest BCUT2D eigenvalue weighted by molar-refractivity contribution is 7.87. The van der Waals surface area contributed by atoms with E-state index in [2.05, 4.69) is 9.71 Å². The van der Waals surface area contributed by atoms with Crippen LogP contribution in [0.25, 0.3) is 10.9 Å². The summed E-state index contributed by atoms with van der Waals surface area (Å²) in [7, 11) is -0.752. The average Bonchev–Trinajstić information content (AvgIpc) is 3.00. The largest absolute Gasteiger partial charge is 0.481 e. The van der Waals surface area contributed by atoms with Crippen molar-refractivity contribution in [1.82, 2.24) is 18.6 Å². The number of pyridine rings is 1. The van der Waals surface area contributed by atoms with Crippen LogP contribution in [0, 0.1) is 0 Å². The number of para-hydroxylation sites is 1.